The number of hydrogen-bond donors (Lipinski definition) is 2. The first-order valence-electron chi connectivity index (χ1n) is 7.70. The van der Waals surface area contributed by atoms with E-state index >= 15 is 0 Å². The maximum absolute atomic E-state index is 12.3. The molecule has 1 fully saturated rings. The molecule has 21 heavy (non-hydrogen) atoms. The van der Waals surface area contributed by atoms with Crippen LogP contribution in [0.15, 0.2) is 17.3 Å². The molecule has 0 aromatic carbocycles. The summed E-state index contributed by atoms with van der Waals surface area (Å²) < 4.78 is 29.1. The molecule has 1 aromatic rings. The first kappa shape index (κ1) is 16.5. The molecule has 6 nitrogen and oxygen atoms in total. The molecule has 0 amide bonds. The van der Waals surface area contributed by atoms with Crippen molar-refractivity contribution >= 4 is 10.0 Å². The van der Waals surface area contributed by atoms with Gasteiger partial charge in [-0.2, -0.15) is 5.10 Å². The van der Waals surface area contributed by atoms with Crippen LogP contribution in [0.3, 0.4) is 0 Å². The zero-order chi connectivity index (χ0) is 15.5. The summed E-state index contributed by atoms with van der Waals surface area (Å²) in [6.45, 7) is 7.53. The van der Waals surface area contributed by atoms with E-state index in [1.165, 1.54) is 19.0 Å². The molecule has 2 N–H and O–H groups in total. The van der Waals surface area contributed by atoms with Gasteiger partial charge in [-0.15, -0.1) is 0 Å². The van der Waals surface area contributed by atoms with Gasteiger partial charge in [-0.1, -0.05) is 20.8 Å². The van der Waals surface area contributed by atoms with Crippen LogP contribution in [0.1, 0.15) is 40.0 Å². The van der Waals surface area contributed by atoms with Crippen molar-refractivity contribution in [1.29, 1.82) is 0 Å². The highest BCUT2D eigenvalue weighted by Gasteiger charge is 2.23. The van der Waals surface area contributed by atoms with Crippen molar-refractivity contribution in [3.8, 4) is 0 Å². The van der Waals surface area contributed by atoms with E-state index in [0.717, 1.165) is 13.0 Å². The molecule has 1 aromatic heterocycles. The van der Waals surface area contributed by atoms with Crippen LogP contribution in [0, 0.1) is 5.92 Å². The normalized spacial score (nSPS) is 17.3. The lowest BCUT2D eigenvalue weighted by molar-refractivity contribution is 0.437. The molecule has 0 radical (unpaired) electrons. The molecule has 2 rings (SSSR count). The fourth-order valence-corrected chi connectivity index (χ4v) is 3.65. The van der Waals surface area contributed by atoms with Crippen molar-refractivity contribution < 1.29 is 8.42 Å². The fourth-order valence-electron chi connectivity index (χ4n) is 2.23. The molecule has 0 aliphatic heterocycles. The number of nitrogens with one attached hydrogen (secondary N) is 2. The molecular weight excluding hydrogens is 288 g/mol. The van der Waals surface area contributed by atoms with Crippen LogP contribution >= 0.6 is 0 Å². The lowest BCUT2D eigenvalue weighted by Gasteiger charge is -2.19. The summed E-state index contributed by atoms with van der Waals surface area (Å²) in [4.78, 5) is 0.244. The Labute approximate surface area is 127 Å². The maximum atomic E-state index is 12.3. The van der Waals surface area contributed by atoms with Gasteiger partial charge in [-0.05, 0) is 25.2 Å². The smallest absolute Gasteiger partial charge is 0.243 e. The van der Waals surface area contributed by atoms with E-state index < -0.39 is 10.0 Å². The zero-order valence-electron chi connectivity index (χ0n) is 13.0. The van der Waals surface area contributed by atoms with Crippen molar-refractivity contribution in [1.82, 2.24) is 19.8 Å². The number of aromatic nitrogens is 2. The first-order chi connectivity index (χ1) is 9.92. The Balaban J connectivity index is 1.94. The SMILES string of the molecule is CCC(NS(=O)(=O)c1cnn(CCNC2CC2)c1)C(C)C. The van der Waals surface area contributed by atoms with E-state index in [0.29, 0.717) is 12.6 Å². The summed E-state index contributed by atoms with van der Waals surface area (Å²) in [7, 11) is -3.48. The van der Waals surface area contributed by atoms with Gasteiger partial charge in [0.1, 0.15) is 4.90 Å². The van der Waals surface area contributed by atoms with Gasteiger partial charge in [0.05, 0.1) is 12.7 Å². The Kier molecular flexibility index (Phi) is 5.40. The third-order valence-corrected chi connectivity index (χ3v) is 5.27. The standard InChI is InChI=1S/C14H26N4O2S/c1-4-14(11(2)3)17-21(19,20)13-9-16-18(10-13)8-7-15-12-5-6-12/h9-12,14-15,17H,4-8H2,1-3H3. The molecule has 0 bridgehead atoms. The average molecular weight is 314 g/mol. The average Bonchev–Trinajstić information content (AvgIpc) is 3.11. The van der Waals surface area contributed by atoms with E-state index in [1.54, 1.807) is 10.9 Å². The minimum absolute atomic E-state index is 0.0464. The summed E-state index contributed by atoms with van der Waals surface area (Å²) in [6, 6.07) is 0.608. The Morgan fingerprint density at radius 3 is 2.71 bits per heavy atom. The highest BCUT2D eigenvalue weighted by atomic mass is 32.2. The predicted molar refractivity (Wildman–Crippen MR) is 82.5 cm³/mol. The predicted octanol–water partition coefficient (Wildman–Crippen LogP) is 1.35. The van der Waals surface area contributed by atoms with Crippen LogP contribution in [0.25, 0.3) is 0 Å². The number of sulfonamides is 1. The first-order valence-corrected chi connectivity index (χ1v) is 9.19. The van der Waals surface area contributed by atoms with E-state index in [4.69, 9.17) is 0 Å². The monoisotopic (exact) mass is 314 g/mol. The van der Waals surface area contributed by atoms with Crippen LogP contribution in [0.4, 0.5) is 0 Å². The lowest BCUT2D eigenvalue weighted by Crippen LogP contribution is -2.37. The third kappa shape index (κ3) is 4.79. The van der Waals surface area contributed by atoms with Crippen LogP contribution in [-0.2, 0) is 16.6 Å². The Bertz CT molecular complexity index is 549. The summed E-state index contributed by atoms with van der Waals surface area (Å²) in [5.41, 5.74) is 0. The van der Waals surface area contributed by atoms with E-state index in [1.807, 2.05) is 20.8 Å². The molecule has 0 spiro atoms. The number of rotatable bonds is 9. The molecule has 1 saturated carbocycles. The fraction of sp³-hybridized carbons (Fsp3) is 0.786. The highest BCUT2D eigenvalue weighted by molar-refractivity contribution is 7.89. The second-order valence-electron chi connectivity index (χ2n) is 6.05. The lowest BCUT2D eigenvalue weighted by atomic mass is 10.0. The molecule has 1 unspecified atom stereocenters. The summed E-state index contributed by atoms with van der Waals surface area (Å²) >= 11 is 0. The van der Waals surface area contributed by atoms with Gasteiger partial charge in [-0.25, -0.2) is 13.1 Å². The van der Waals surface area contributed by atoms with Crippen molar-refractivity contribution in [3.05, 3.63) is 12.4 Å². The third-order valence-electron chi connectivity index (χ3n) is 3.82. The van der Waals surface area contributed by atoms with Crippen LogP contribution in [0.5, 0.6) is 0 Å². The molecule has 7 heteroatoms. The van der Waals surface area contributed by atoms with Gasteiger partial charge in [0.15, 0.2) is 0 Å². The molecule has 1 aliphatic carbocycles. The number of nitrogens with zero attached hydrogens (tertiary/aromatic N) is 2. The van der Waals surface area contributed by atoms with Gasteiger partial charge in [0.25, 0.3) is 0 Å². The Hall–Kier alpha value is -0.920. The second-order valence-corrected chi connectivity index (χ2v) is 7.76. The Morgan fingerprint density at radius 1 is 1.43 bits per heavy atom. The van der Waals surface area contributed by atoms with Crippen molar-refractivity contribution in [2.45, 2.75) is 63.6 Å². The Morgan fingerprint density at radius 2 is 2.14 bits per heavy atom. The summed E-state index contributed by atoms with van der Waals surface area (Å²) in [5.74, 6) is 0.266. The van der Waals surface area contributed by atoms with Crippen LogP contribution < -0.4 is 10.0 Å². The molecule has 1 aliphatic rings. The van der Waals surface area contributed by atoms with Crippen LogP contribution in [0.2, 0.25) is 0 Å². The van der Waals surface area contributed by atoms with Gasteiger partial charge in [0.2, 0.25) is 10.0 Å². The topological polar surface area (TPSA) is 76.0 Å². The highest BCUT2D eigenvalue weighted by Crippen LogP contribution is 2.18. The van der Waals surface area contributed by atoms with Crippen molar-refractivity contribution in [2.75, 3.05) is 6.54 Å². The maximum Gasteiger partial charge on any atom is 0.243 e. The van der Waals surface area contributed by atoms with E-state index in [2.05, 4.69) is 15.1 Å². The quantitative estimate of drug-likeness (QED) is 0.721. The minimum atomic E-state index is -3.48. The van der Waals surface area contributed by atoms with Gasteiger partial charge in [0, 0.05) is 24.8 Å². The minimum Gasteiger partial charge on any atom is -0.312 e. The summed E-state index contributed by atoms with van der Waals surface area (Å²) in [5, 5.41) is 7.52. The second kappa shape index (κ2) is 6.89. The van der Waals surface area contributed by atoms with Gasteiger partial charge < -0.3 is 5.32 Å². The van der Waals surface area contributed by atoms with Gasteiger partial charge >= 0.3 is 0 Å². The number of hydrogen-bond acceptors (Lipinski definition) is 4. The molecule has 0 saturated heterocycles. The van der Waals surface area contributed by atoms with Gasteiger partial charge in [-0.3, -0.25) is 4.68 Å². The molecule has 120 valence electrons. The molecule has 1 atom stereocenters. The molecule has 1 heterocycles. The molecular formula is C14H26N4O2S. The zero-order valence-corrected chi connectivity index (χ0v) is 13.9. The van der Waals surface area contributed by atoms with E-state index in [9.17, 15) is 8.42 Å². The summed E-state index contributed by atoms with van der Waals surface area (Å²) in [6.07, 6.45) is 6.29. The van der Waals surface area contributed by atoms with Crippen molar-refractivity contribution in [2.24, 2.45) is 5.92 Å². The van der Waals surface area contributed by atoms with Crippen molar-refractivity contribution in [3.63, 3.8) is 0 Å². The van der Waals surface area contributed by atoms with Crippen LogP contribution in [-0.4, -0.2) is 36.8 Å². The van der Waals surface area contributed by atoms with E-state index in [-0.39, 0.29) is 16.9 Å². The largest absolute Gasteiger partial charge is 0.312 e.